The molecule has 0 aliphatic heterocycles. The first kappa shape index (κ1) is 38.6. The van der Waals surface area contributed by atoms with Crippen LogP contribution in [0.15, 0.2) is 146 Å². The lowest BCUT2D eigenvalue weighted by Gasteiger charge is -2.27. The first-order valence-corrected chi connectivity index (χ1v) is 23.4. The maximum absolute atomic E-state index is 13.7. The van der Waals surface area contributed by atoms with Gasteiger partial charge in [0.15, 0.2) is 0 Å². The minimum atomic E-state index is -2.06. The van der Waals surface area contributed by atoms with Crippen LogP contribution < -0.4 is 31.9 Å². The summed E-state index contributed by atoms with van der Waals surface area (Å²) in [5, 5.41) is 10.1. The molecule has 11 heteroatoms. The van der Waals surface area contributed by atoms with E-state index in [9.17, 15) is 9.59 Å². The third kappa shape index (κ3) is 8.90. The van der Waals surface area contributed by atoms with Crippen molar-refractivity contribution in [1.29, 1.82) is 0 Å². The first-order chi connectivity index (χ1) is 27.0. The Hall–Kier alpha value is -4.70. The van der Waals surface area contributed by atoms with Gasteiger partial charge in [-0.3, -0.25) is 9.69 Å². The van der Waals surface area contributed by atoms with Crippen LogP contribution in [0, 0.1) is 0 Å². The normalized spacial score (nSPS) is 11.5. The number of carbonyl (C=O) groups is 2. The maximum atomic E-state index is 13.7. The number of thiazole rings is 1. The van der Waals surface area contributed by atoms with Crippen LogP contribution >= 0.6 is 40.2 Å². The van der Waals surface area contributed by atoms with Crippen LogP contribution in [-0.4, -0.2) is 61.4 Å². The van der Waals surface area contributed by atoms with Gasteiger partial charge in [-0.15, -0.1) is 11.3 Å². The highest BCUT2D eigenvalue weighted by Crippen LogP contribution is 2.54. The minimum Gasteiger partial charge on any atom is -0.448 e. The lowest BCUT2D eigenvalue weighted by molar-refractivity contribution is 0.0956. The molecule has 0 saturated heterocycles. The van der Waals surface area contributed by atoms with Gasteiger partial charge in [0.05, 0.1) is 22.9 Å². The predicted molar refractivity (Wildman–Crippen MR) is 239 cm³/mol. The molecule has 278 valence electrons. The second-order valence-electron chi connectivity index (χ2n) is 12.8. The van der Waals surface area contributed by atoms with Crippen LogP contribution in [-0.2, 0) is 4.74 Å². The number of anilines is 1. The smallest absolute Gasteiger partial charge is 0.414 e. The van der Waals surface area contributed by atoms with E-state index in [0.29, 0.717) is 31.0 Å². The number of carbonyl (C=O) groups excluding carboxylic acids is 2. The molecule has 0 fully saturated rings. The Labute approximate surface area is 334 Å². The molecule has 3 N–H and O–H groups in total. The van der Waals surface area contributed by atoms with E-state index >= 15 is 0 Å². The predicted octanol–water partition coefficient (Wildman–Crippen LogP) is 8.75. The van der Waals surface area contributed by atoms with E-state index < -0.39 is 7.26 Å². The fourth-order valence-corrected chi connectivity index (χ4v) is 13.5. The molecular formula is C44H42N4O3PS3+. The van der Waals surface area contributed by atoms with Gasteiger partial charge in [-0.2, -0.15) is 0 Å². The van der Waals surface area contributed by atoms with Gasteiger partial charge < -0.3 is 15.8 Å². The van der Waals surface area contributed by atoms with E-state index in [4.69, 9.17) is 15.5 Å². The summed E-state index contributed by atoms with van der Waals surface area (Å²) in [5.74, 6) is 1.49. The molecule has 0 aliphatic carbocycles. The molecule has 0 saturated carbocycles. The Bertz CT molecular complexity index is 2280. The quantitative estimate of drug-likeness (QED) is 0.0608. The fourth-order valence-electron chi connectivity index (χ4n) is 6.62. The third-order valence-electron chi connectivity index (χ3n) is 9.38. The summed E-state index contributed by atoms with van der Waals surface area (Å²) >= 11 is 1.57. The summed E-state index contributed by atoms with van der Waals surface area (Å²) < 4.78 is 6.41. The lowest BCUT2D eigenvalue weighted by Crippen LogP contribution is -2.37. The zero-order chi connectivity index (χ0) is 38.0. The zero-order valence-electron chi connectivity index (χ0n) is 30.5. The molecule has 7 aromatic rings. The fraction of sp³-hybridized carbons (Fsp3) is 0.159. The molecular weight excluding hydrogens is 760 g/mol. The zero-order valence-corrected chi connectivity index (χ0v) is 33.8. The summed E-state index contributed by atoms with van der Waals surface area (Å²) in [6.07, 6.45) is 0.409. The van der Waals surface area contributed by atoms with Gasteiger partial charge in [-0.05, 0) is 83.6 Å². The number of nitrogens with one attached hydrogen (secondary N) is 1. The van der Waals surface area contributed by atoms with E-state index in [1.807, 2.05) is 48.5 Å². The number of nitrogens with zero attached hydrogens (tertiary/aromatic N) is 2. The highest BCUT2D eigenvalue weighted by Gasteiger charge is 2.44. The Morgan fingerprint density at radius 3 is 2.04 bits per heavy atom. The van der Waals surface area contributed by atoms with Crippen LogP contribution in [0.2, 0.25) is 0 Å². The molecule has 0 spiro atoms. The number of fused-ring (bicyclic) bond motifs is 2. The second kappa shape index (κ2) is 18.3. The van der Waals surface area contributed by atoms with Gasteiger partial charge in [-0.1, -0.05) is 94.4 Å². The largest absolute Gasteiger partial charge is 0.448 e. The van der Waals surface area contributed by atoms with Crippen molar-refractivity contribution in [3.8, 4) is 10.6 Å². The van der Waals surface area contributed by atoms with Crippen LogP contribution in [0.4, 0.5) is 10.5 Å². The van der Waals surface area contributed by atoms with Crippen molar-refractivity contribution >= 4 is 94.8 Å². The molecule has 1 heterocycles. The number of ether oxygens (including phenoxy) is 1. The Morgan fingerprint density at radius 2 is 1.38 bits per heavy atom. The number of nitrogens with two attached hydrogens (primary N) is 1. The Morgan fingerprint density at radius 1 is 0.764 bits per heavy atom. The standard InChI is InChI=1S/C44H41N4O3PS3/c1-48(44(50)51-25-28-54-53-27-23-45)36-21-19-32-29-35(18-17-33(32)30-36)43-47-40-22-20-34(31-41(40)55-43)42(49)46-24-26-52(37-11-5-2-6-12-37,38-13-7-3-8-14-38)39-15-9-4-10-16-39/h2-22,29-31H,23-28,45H2,1H3/p+1. The summed E-state index contributed by atoms with van der Waals surface area (Å²) in [7, 11) is 3.00. The number of rotatable bonds is 15. The highest BCUT2D eigenvalue weighted by atomic mass is 33.1. The molecule has 2 amide bonds. The van der Waals surface area contributed by atoms with E-state index in [1.54, 1.807) is 40.0 Å². The molecule has 0 aliphatic rings. The average molecular weight is 802 g/mol. The van der Waals surface area contributed by atoms with Crippen molar-refractivity contribution < 1.29 is 14.3 Å². The molecule has 55 heavy (non-hydrogen) atoms. The molecule has 6 aromatic carbocycles. The molecule has 0 bridgehead atoms. The van der Waals surface area contributed by atoms with E-state index in [1.165, 1.54) is 20.8 Å². The van der Waals surface area contributed by atoms with Crippen molar-refractivity contribution in [3.05, 3.63) is 151 Å². The van der Waals surface area contributed by atoms with Gasteiger partial charge in [-0.25, -0.2) is 9.78 Å². The average Bonchev–Trinajstić information content (AvgIpc) is 3.68. The SMILES string of the molecule is CN(C(=O)OCCSSCCN)c1ccc2cc(-c3nc4ccc(C(=O)NCC[P+](c5ccccc5)(c5ccccc5)c5ccccc5)cc4s3)ccc2c1. The van der Waals surface area contributed by atoms with Crippen LogP contribution in [0.3, 0.4) is 0 Å². The van der Waals surface area contributed by atoms with Gasteiger partial charge >= 0.3 is 6.09 Å². The number of benzene rings is 6. The van der Waals surface area contributed by atoms with Crippen molar-refractivity contribution in [2.75, 3.05) is 49.3 Å². The number of amides is 2. The first-order valence-electron chi connectivity index (χ1n) is 18.1. The van der Waals surface area contributed by atoms with Gasteiger partial charge in [0.2, 0.25) is 0 Å². The van der Waals surface area contributed by atoms with E-state index in [-0.39, 0.29) is 12.0 Å². The van der Waals surface area contributed by atoms with E-state index in [2.05, 4.69) is 102 Å². The van der Waals surface area contributed by atoms with Gasteiger partial charge in [0, 0.05) is 41.9 Å². The van der Waals surface area contributed by atoms with Crippen molar-refractivity contribution in [1.82, 2.24) is 10.3 Å². The molecule has 7 rings (SSSR count). The monoisotopic (exact) mass is 801 g/mol. The number of aromatic nitrogens is 1. The summed E-state index contributed by atoms with van der Waals surface area (Å²) in [6, 6.07) is 50.0. The Balaban J connectivity index is 1.04. The topological polar surface area (TPSA) is 97.6 Å². The molecule has 0 unspecified atom stereocenters. The molecule has 1 aromatic heterocycles. The van der Waals surface area contributed by atoms with Crippen LogP contribution in [0.25, 0.3) is 31.6 Å². The summed E-state index contributed by atoms with van der Waals surface area (Å²) in [4.78, 5) is 32.8. The van der Waals surface area contributed by atoms with Gasteiger partial charge in [0.1, 0.15) is 34.8 Å². The minimum absolute atomic E-state index is 0.0973. The second-order valence-corrected chi connectivity index (χ2v) is 20.2. The maximum Gasteiger partial charge on any atom is 0.414 e. The molecule has 7 nitrogen and oxygen atoms in total. The highest BCUT2D eigenvalue weighted by molar-refractivity contribution is 8.76. The third-order valence-corrected chi connectivity index (χ3v) is 17.3. The lowest BCUT2D eigenvalue weighted by atomic mass is 10.1. The number of hydrogen-bond acceptors (Lipinski definition) is 8. The van der Waals surface area contributed by atoms with Crippen molar-refractivity contribution in [2.24, 2.45) is 5.73 Å². The summed E-state index contributed by atoms with van der Waals surface area (Å²) in [5.41, 5.74) is 8.74. The van der Waals surface area contributed by atoms with Crippen LogP contribution in [0.5, 0.6) is 0 Å². The van der Waals surface area contributed by atoms with Crippen molar-refractivity contribution in [3.63, 3.8) is 0 Å². The molecule has 0 radical (unpaired) electrons. The Kier molecular flexibility index (Phi) is 12.8. The van der Waals surface area contributed by atoms with Gasteiger partial charge in [0.25, 0.3) is 5.91 Å². The molecule has 0 atom stereocenters. The number of hydrogen-bond donors (Lipinski definition) is 2. The van der Waals surface area contributed by atoms with Crippen molar-refractivity contribution in [2.45, 2.75) is 0 Å². The van der Waals surface area contributed by atoms with Crippen LogP contribution in [0.1, 0.15) is 10.4 Å². The summed E-state index contributed by atoms with van der Waals surface area (Å²) in [6.45, 7) is 1.51. The van der Waals surface area contributed by atoms with E-state index in [0.717, 1.165) is 49.2 Å².